The molecular weight excluding hydrogens is 464 g/mol. The minimum Gasteiger partial charge on any atom is -0.390 e. The van der Waals surface area contributed by atoms with Gasteiger partial charge in [0.25, 0.3) is 0 Å². The van der Waals surface area contributed by atoms with Crippen LogP contribution in [0.4, 0.5) is 8.78 Å². The molecule has 0 saturated carbocycles. The first kappa shape index (κ1) is 27.3. The number of aromatic nitrogens is 2. The van der Waals surface area contributed by atoms with Gasteiger partial charge in [-0.1, -0.05) is 39.0 Å². The topological polar surface area (TPSA) is 129 Å². The van der Waals surface area contributed by atoms with E-state index in [4.69, 9.17) is 11.7 Å². The number of hydrogen-bond donors (Lipinski definition) is 5. The summed E-state index contributed by atoms with van der Waals surface area (Å²) in [5.74, 6) is 10.6. The highest BCUT2D eigenvalue weighted by Crippen LogP contribution is 2.26. The molecule has 3 rings (SSSR count). The van der Waals surface area contributed by atoms with Gasteiger partial charge in [0.1, 0.15) is 23.8 Å². The lowest BCUT2D eigenvalue weighted by Gasteiger charge is -2.30. The molecule has 0 radical (unpaired) electrons. The number of aliphatic hydroxyl groups excluding tert-OH is 1. The van der Waals surface area contributed by atoms with E-state index in [2.05, 4.69) is 53.3 Å². The Balaban J connectivity index is 1.75. The molecule has 0 fully saturated rings. The van der Waals surface area contributed by atoms with E-state index in [1.54, 1.807) is 12.4 Å². The summed E-state index contributed by atoms with van der Waals surface area (Å²) < 4.78 is 27.4. The maximum atomic E-state index is 13.7. The number of hydrazone groups is 1. The summed E-state index contributed by atoms with van der Waals surface area (Å²) in [6.45, 7) is 7.19. The van der Waals surface area contributed by atoms with Crippen molar-refractivity contribution in [3.8, 4) is 11.4 Å². The maximum absolute atomic E-state index is 13.7. The van der Waals surface area contributed by atoms with Crippen molar-refractivity contribution in [1.82, 2.24) is 20.3 Å². The van der Waals surface area contributed by atoms with Gasteiger partial charge >= 0.3 is 0 Å². The van der Waals surface area contributed by atoms with Crippen LogP contribution >= 0.6 is 0 Å². The Morgan fingerprint density at radius 1 is 1.17 bits per heavy atom. The summed E-state index contributed by atoms with van der Waals surface area (Å²) in [5, 5.41) is 18.8. The van der Waals surface area contributed by atoms with Crippen molar-refractivity contribution in [1.29, 1.82) is 0 Å². The highest BCUT2D eigenvalue weighted by atomic mass is 19.1. The smallest absolute Gasteiger partial charge is 0.137 e. The van der Waals surface area contributed by atoms with E-state index in [9.17, 15) is 13.9 Å². The molecule has 0 saturated heterocycles. The van der Waals surface area contributed by atoms with E-state index in [0.29, 0.717) is 12.1 Å². The normalized spacial score (nSPS) is 13.8. The van der Waals surface area contributed by atoms with E-state index < -0.39 is 23.8 Å². The lowest BCUT2D eigenvalue weighted by atomic mass is 9.87. The van der Waals surface area contributed by atoms with Crippen molar-refractivity contribution >= 4 is 6.34 Å². The van der Waals surface area contributed by atoms with Crippen LogP contribution in [0.2, 0.25) is 0 Å². The van der Waals surface area contributed by atoms with Crippen LogP contribution in [0.25, 0.3) is 11.4 Å². The molecule has 10 heteroatoms. The molecule has 7 N–H and O–H groups in total. The van der Waals surface area contributed by atoms with Crippen LogP contribution in [-0.2, 0) is 19.4 Å². The summed E-state index contributed by atoms with van der Waals surface area (Å²) in [7, 11) is 0. The third-order valence-electron chi connectivity index (χ3n) is 5.72. The zero-order valence-corrected chi connectivity index (χ0v) is 20.9. The average Bonchev–Trinajstić information content (AvgIpc) is 3.30. The van der Waals surface area contributed by atoms with Gasteiger partial charge in [-0.05, 0) is 47.1 Å². The summed E-state index contributed by atoms with van der Waals surface area (Å²) in [6.07, 6.45) is 4.63. The molecule has 0 aliphatic heterocycles. The number of aliphatic hydroxyl groups is 1. The Bertz CT molecular complexity index is 1130. The first-order valence-electron chi connectivity index (χ1n) is 11.8. The summed E-state index contributed by atoms with van der Waals surface area (Å²) in [5.41, 5.74) is 3.67. The molecule has 3 aromatic rings. The van der Waals surface area contributed by atoms with Crippen LogP contribution in [0.15, 0.2) is 53.9 Å². The molecule has 2 unspecified atom stereocenters. The molecule has 2 aromatic carbocycles. The van der Waals surface area contributed by atoms with Crippen LogP contribution in [-0.4, -0.2) is 45.1 Å². The van der Waals surface area contributed by atoms with E-state index in [1.165, 1.54) is 17.7 Å². The molecular formula is C26H35F2N7O. The van der Waals surface area contributed by atoms with Crippen LogP contribution in [0, 0.1) is 17.0 Å². The summed E-state index contributed by atoms with van der Waals surface area (Å²) in [4.78, 5) is 7.53. The van der Waals surface area contributed by atoms with Gasteiger partial charge in [-0.25, -0.2) is 19.6 Å². The Morgan fingerprint density at radius 3 is 2.50 bits per heavy atom. The van der Waals surface area contributed by atoms with Crippen molar-refractivity contribution in [3.63, 3.8) is 0 Å². The number of nitrogens with zero attached hydrogens (tertiary/aromatic N) is 3. The number of halogens is 2. The largest absolute Gasteiger partial charge is 0.390 e. The Labute approximate surface area is 210 Å². The van der Waals surface area contributed by atoms with Crippen molar-refractivity contribution in [2.45, 2.75) is 52.3 Å². The number of hydrazine groups is 1. The van der Waals surface area contributed by atoms with Gasteiger partial charge in [0, 0.05) is 37.1 Å². The van der Waals surface area contributed by atoms with Crippen molar-refractivity contribution < 1.29 is 13.9 Å². The van der Waals surface area contributed by atoms with Gasteiger partial charge in [-0.15, -0.1) is 0 Å². The molecule has 36 heavy (non-hydrogen) atoms. The molecule has 0 amide bonds. The standard InChI is InChI=1S/C26H35F2N7O/c1-26(2,3)13-17-4-5-22(25-32-6-7-33-25)19(8-17)14-31-15-24(36)23(35(30)16-34-29)11-18-9-20(27)12-21(28)10-18/h4-10,12,16,23-24,31,36H,11,13-15,29-30H2,1-3H3,(H,32,33)/b34-16-. The molecule has 0 aliphatic carbocycles. The number of benzene rings is 2. The minimum absolute atomic E-state index is 0.0821. The third kappa shape index (κ3) is 7.84. The second-order valence-electron chi connectivity index (χ2n) is 10.1. The van der Waals surface area contributed by atoms with Crippen LogP contribution in [0.3, 0.4) is 0 Å². The molecule has 1 aromatic heterocycles. The number of H-pyrrole nitrogens is 1. The van der Waals surface area contributed by atoms with Crippen LogP contribution < -0.4 is 17.0 Å². The highest BCUT2D eigenvalue weighted by Gasteiger charge is 2.24. The predicted octanol–water partition coefficient (Wildman–Crippen LogP) is 3.08. The zero-order chi connectivity index (χ0) is 26.3. The SMILES string of the molecule is CC(C)(C)Cc1ccc(-c2ncc[nH]2)c(CNCC(O)C(Cc2cc(F)cc(F)c2)N(N)/C=N\N)c1. The van der Waals surface area contributed by atoms with E-state index in [0.717, 1.165) is 40.8 Å². The highest BCUT2D eigenvalue weighted by molar-refractivity contribution is 5.61. The van der Waals surface area contributed by atoms with E-state index in [-0.39, 0.29) is 18.4 Å². The number of imidazole rings is 1. The zero-order valence-electron chi connectivity index (χ0n) is 20.9. The Kier molecular flexibility index (Phi) is 9.14. The van der Waals surface area contributed by atoms with Gasteiger partial charge in [0.2, 0.25) is 0 Å². The Hall–Kier alpha value is -3.34. The first-order chi connectivity index (χ1) is 17.1. The third-order valence-corrected chi connectivity index (χ3v) is 5.72. The number of aromatic amines is 1. The van der Waals surface area contributed by atoms with Crippen LogP contribution in [0.5, 0.6) is 0 Å². The molecule has 194 valence electrons. The number of hydrogen-bond acceptors (Lipinski definition) is 6. The average molecular weight is 500 g/mol. The monoisotopic (exact) mass is 499 g/mol. The van der Waals surface area contributed by atoms with Gasteiger partial charge in [-0.3, -0.25) is 5.01 Å². The van der Waals surface area contributed by atoms with Crippen LogP contribution in [0.1, 0.15) is 37.5 Å². The molecule has 0 aliphatic rings. The fourth-order valence-electron chi connectivity index (χ4n) is 4.22. The van der Waals surface area contributed by atoms with Gasteiger partial charge in [0.05, 0.1) is 12.1 Å². The maximum Gasteiger partial charge on any atom is 0.137 e. The molecule has 0 spiro atoms. The minimum atomic E-state index is -0.996. The van der Waals surface area contributed by atoms with Gasteiger partial charge < -0.3 is 21.2 Å². The van der Waals surface area contributed by atoms with Gasteiger partial charge in [0.15, 0.2) is 0 Å². The second-order valence-corrected chi connectivity index (χ2v) is 10.1. The number of nitrogens with one attached hydrogen (secondary N) is 2. The molecule has 0 bridgehead atoms. The van der Waals surface area contributed by atoms with Gasteiger partial charge in [-0.2, -0.15) is 5.10 Å². The predicted molar refractivity (Wildman–Crippen MR) is 137 cm³/mol. The van der Waals surface area contributed by atoms with E-state index in [1.807, 2.05) is 6.07 Å². The summed E-state index contributed by atoms with van der Waals surface area (Å²) in [6, 6.07) is 8.78. The lowest BCUT2D eigenvalue weighted by molar-refractivity contribution is 0.0847. The summed E-state index contributed by atoms with van der Waals surface area (Å²) >= 11 is 0. The lowest BCUT2D eigenvalue weighted by Crippen LogP contribution is -2.51. The number of nitrogens with two attached hydrogens (primary N) is 2. The quantitative estimate of drug-likeness (QED) is 0.119. The second kappa shape index (κ2) is 12.1. The molecule has 8 nitrogen and oxygen atoms in total. The fourth-order valence-corrected chi connectivity index (χ4v) is 4.22. The van der Waals surface area contributed by atoms with Crippen molar-refractivity contribution in [2.75, 3.05) is 6.54 Å². The fraction of sp³-hybridized carbons (Fsp3) is 0.385. The number of rotatable bonds is 11. The molecule has 1 heterocycles. The van der Waals surface area contributed by atoms with E-state index >= 15 is 0 Å². The first-order valence-corrected chi connectivity index (χ1v) is 11.8. The van der Waals surface area contributed by atoms with Crippen molar-refractivity contribution in [2.24, 2.45) is 22.2 Å². The van der Waals surface area contributed by atoms with Crippen molar-refractivity contribution in [3.05, 3.63) is 77.1 Å². The molecule has 2 atom stereocenters. The Morgan fingerprint density at radius 2 is 1.89 bits per heavy atom.